The van der Waals surface area contributed by atoms with Gasteiger partial charge in [-0.1, -0.05) is 19.3 Å². The van der Waals surface area contributed by atoms with Crippen molar-refractivity contribution in [2.24, 2.45) is 5.92 Å². The minimum absolute atomic E-state index is 0.155. The van der Waals surface area contributed by atoms with E-state index in [1.54, 1.807) is 0 Å². The lowest BCUT2D eigenvalue weighted by Crippen LogP contribution is -2.22. The van der Waals surface area contributed by atoms with Crippen molar-refractivity contribution in [2.45, 2.75) is 51.0 Å². The SMILES string of the molecule is OCCCC(O)C1CCCCC1. The summed E-state index contributed by atoms with van der Waals surface area (Å²) >= 11 is 0. The normalized spacial score (nSPS) is 22.5. The Bertz CT molecular complexity index is 108. The molecule has 0 radical (unpaired) electrons. The summed E-state index contributed by atoms with van der Waals surface area (Å²) in [5.41, 5.74) is 0. The third-order valence-corrected chi connectivity index (χ3v) is 2.85. The number of rotatable bonds is 4. The molecule has 1 rings (SSSR count). The van der Waals surface area contributed by atoms with Gasteiger partial charge in [-0.15, -0.1) is 0 Å². The molecule has 2 heteroatoms. The van der Waals surface area contributed by atoms with Gasteiger partial charge < -0.3 is 10.2 Å². The molecule has 0 spiro atoms. The lowest BCUT2D eigenvalue weighted by molar-refractivity contribution is 0.0704. The molecular weight excluding hydrogens is 152 g/mol. The zero-order valence-corrected chi connectivity index (χ0v) is 7.71. The molecule has 12 heavy (non-hydrogen) atoms. The Morgan fingerprint density at radius 3 is 2.42 bits per heavy atom. The Kier molecular flexibility index (Phi) is 4.62. The molecule has 72 valence electrons. The minimum atomic E-state index is -0.155. The molecule has 1 atom stereocenters. The second kappa shape index (κ2) is 5.55. The lowest BCUT2D eigenvalue weighted by Gasteiger charge is -2.26. The molecule has 1 unspecified atom stereocenters. The van der Waals surface area contributed by atoms with Crippen molar-refractivity contribution in [3.63, 3.8) is 0 Å². The first-order chi connectivity index (χ1) is 5.84. The smallest absolute Gasteiger partial charge is 0.0569 e. The molecule has 1 fully saturated rings. The zero-order valence-electron chi connectivity index (χ0n) is 7.71. The van der Waals surface area contributed by atoms with Crippen LogP contribution in [-0.4, -0.2) is 22.9 Å². The summed E-state index contributed by atoms with van der Waals surface area (Å²) in [7, 11) is 0. The summed E-state index contributed by atoms with van der Waals surface area (Å²) in [5.74, 6) is 0.519. The van der Waals surface area contributed by atoms with E-state index in [-0.39, 0.29) is 12.7 Å². The van der Waals surface area contributed by atoms with Gasteiger partial charge in [-0.2, -0.15) is 0 Å². The van der Waals surface area contributed by atoms with Crippen LogP contribution in [0.2, 0.25) is 0 Å². The van der Waals surface area contributed by atoms with Crippen LogP contribution in [0.25, 0.3) is 0 Å². The van der Waals surface area contributed by atoms with Gasteiger partial charge in [0.05, 0.1) is 6.10 Å². The van der Waals surface area contributed by atoms with Crippen molar-refractivity contribution in [1.29, 1.82) is 0 Å². The maximum atomic E-state index is 9.69. The van der Waals surface area contributed by atoms with Crippen LogP contribution in [0.1, 0.15) is 44.9 Å². The second-order valence-electron chi connectivity index (χ2n) is 3.83. The Morgan fingerprint density at radius 1 is 1.17 bits per heavy atom. The van der Waals surface area contributed by atoms with Gasteiger partial charge in [-0.25, -0.2) is 0 Å². The molecular formula is C10H20O2. The Hall–Kier alpha value is -0.0800. The third kappa shape index (κ3) is 3.11. The Labute approximate surface area is 74.6 Å². The van der Waals surface area contributed by atoms with Crippen molar-refractivity contribution in [2.75, 3.05) is 6.61 Å². The maximum Gasteiger partial charge on any atom is 0.0569 e. The van der Waals surface area contributed by atoms with Crippen LogP contribution < -0.4 is 0 Å². The highest BCUT2D eigenvalue weighted by Crippen LogP contribution is 2.27. The number of aliphatic hydroxyl groups is 2. The minimum Gasteiger partial charge on any atom is -0.396 e. The van der Waals surface area contributed by atoms with Crippen LogP contribution in [0, 0.1) is 5.92 Å². The molecule has 0 aromatic heterocycles. The van der Waals surface area contributed by atoms with Gasteiger partial charge in [0.1, 0.15) is 0 Å². The first-order valence-electron chi connectivity index (χ1n) is 5.13. The summed E-state index contributed by atoms with van der Waals surface area (Å²) in [6.45, 7) is 0.212. The van der Waals surface area contributed by atoms with E-state index in [1.165, 1.54) is 32.1 Å². The van der Waals surface area contributed by atoms with Crippen LogP contribution in [0.15, 0.2) is 0 Å². The van der Waals surface area contributed by atoms with E-state index in [0.29, 0.717) is 5.92 Å². The van der Waals surface area contributed by atoms with Gasteiger partial charge in [0.15, 0.2) is 0 Å². The lowest BCUT2D eigenvalue weighted by atomic mass is 9.84. The molecule has 0 saturated heterocycles. The zero-order chi connectivity index (χ0) is 8.81. The van der Waals surface area contributed by atoms with E-state index in [9.17, 15) is 5.11 Å². The Balaban J connectivity index is 2.15. The van der Waals surface area contributed by atoms with Gasteiger partial charge in [0.25, 0.3) is 0 Å². The number of aliphatic hydroxyl groups excluding tert-OH is 2. The molecule has 1 aliphatic carbocycles. The molecule has 1 saturated carbocycles. The highest BCUT2D eigenvalue weighted by atomic mass is 16.3. The summed E-state index contributed by atoms with van der Waals surface area (Å²) in [6.07, 6.45) is 7.64. The first-order valence-corrected chi connectivity index (χ1v) is 5.13. The van der Waals surface area contributed by atoms with E-state index >= 15 is 0 Å². The van der Waals surface area contributed by atoms with Crippen LogP contribution in [0.4, 0.5) is 0 Å². The van der Waals surface area contributed by atoms with E-state index < -0.39 is 0 Å². The average Bonchev–Trinajstić information content (AvgIpc) is 2.15. The largest absolute Gasteiger partial charge is 0.396 e. The van der Waals surface area contributed by atoms with E-state index in [0.717, 1.165) is 12.8 Å². The molecule has 0 aliphatic heterocycles. The summed E-state index contributed by atoms with van der Waals surface area (Å²) in [6, 6.07) is 0. The van der Waals surface area contributed by atoms with Crippen LogP contribution in [0.5, 0.6) is 0 Å². The Morgan fingerprint density at radius 2 is 1.83 bits per heavy atom. The third-order valence-electron chi connectivity index (χ3n) is 2.85. The fraction of sp³-hybridized carbons (Fsp3) is 1.00. The van der Waals surface area contributed by atoms with Crippen molar-refractivity contribution >= 4 is 0 Å². The van der Waals surface area contributed by atoms with Crippen molar-refractivity contribution < 1.29 is 10.2 Å². The molecule has 0 amide bonds. The van der Waals surface area contributed by atoms with Crippen molar-refractivity contribution in [3.8, 4) is 0 Å². The monoisotopic (exact) mass is 172 g/mol. The maximum absolute atomic E-state index is 9.69. The fourth-order valence-corrected chi connectivity index (χ4v) is 2.06. The molecule has 0 heterocycles. The van der Waals surface area contributed by atoms with Crippen LogP contribution in [0.3, 0.4) is 0 Å². The van der Waals surface area contributed by atoms with Crippen LogP contribution in [-0.2, 0) is 0 Å². The standard InChI is InChI=1S/C10H20O2/c11-8-4-7-10(12)9-5-2-1-3-6-9/h9-12H,1-8H2. The van der Waals surface area contributed by atoms with Crippen molar-refractivity contribution in [1.82, 2.24) is 0 Å². The number of hydrogen-bond donors (Lipinski definition) is 2. The quantitative estimate of drug-likeness (QED) is 0.677. The number of hydrogen-bond acceptors (Lipinski definition) is 2. The molecule has 2 N–H and O–H groups in total. The second-order valence-corrected chi connectivity index (χ2v) is 3.83. The highest BCUT2D eigenvalue weighted by molar-refractivity contribution is 4.72. The van der Waals surface area contributed by atoms with Gasteiger partial charge in [0.2, 0.25) is 0 Å². The van der Waals surface area contributed by atoms with Gasteiger partial charge >= 0.3 is 0 Å². The van der Waals surface area contributed by atoms with E-state index in [2.05, 4.69) is 0 Å². The molecule has 0 aromatic carbocycles. The van der Waals surface area contributed by atoms with E-state index in [1.807, 2.05) is 0 Å². The van der Waals surface area contributed by atoms with Gasteiger partial charge in [0, 0.05) is 6.61 Å². The highest BCUT2D eigenvalue weighted by Gasteiger charge is 2.20. The van der Waals surface area contributed by atoms with Crippen LogP contribution >= 0.6 is 0 Å². The fourth-order valence-electron chi connectivity index (χ4n) is 2.06. The first kappa shape index (κ1) is 10.0. The van der Waals surface area contributed by atoms with Gasteiger partial charge in [-0.3, -0.25) is 0 Å². The summed E-state index contributed by atoms with van der Waals surface area (Å²) in [4.78, 5) is 0. The van der Waals surface area contributed by atoms with E-state index in [4.69, 9.17) is 5.11 Å². The topological polar surface area (TPSA) is 40.5 Å². The molecule has 2 nitrogen and oxygen atoms in total. The molecule has 0 aromatic rings. The van der Waals surface area contributed by atoms with Gasteiger partial charge in [-0.05, 0) is 31.6 Å². The predicted octanol–water partition coefficient (Wildman–Crippen LogP) is 1.70. The molecule has 1 aliphatic rings. The predicted molar refractivity (Wildman–Crippen MR) is 48.9 cm³/mol. The van der Waals surface area contributed by atoms with Crippen molar-refractivity contribution in [3.05, 3.63) is 0 Å². The summed E-state index contributed by atoms with van der Waals surface area (Å²) < 4.78 is 0. The summed E-state index contributed by atoms with van der Waals surface area (Å²) in [5, 5.41) is 18.3. The average molecular weight is 172 g/mol. The molecule has 0 bridgehead atoms.